The highest BCUT2D eigenvalue weighted by molar-refractivity contribution is 7.13. The molecule has 0 amide bonds. The number of nitriles is 1. The lowest BCUT2D eigenvalue weighted by molar-refractivity contribution is 0.0982. The molecule has 1 aromatic heterocycles. The van der Waals surface area contributed by atoms with Crippen LogP contribution in [0.1, 0.15) is 37.4 Å². The van der Waals surface area contributed by atoms with Crippen LogP contribution in [0.5, 0.6) is 0 Å². The van der Waals surface area contributed by atoms with Crippen LogP contribution in [0.4, 0.5) is 0 Å². The van der Waals surface area contributed by atoms with Crippen LogP contribution in [0.15, 0.2) is 24.3 Å². The molecule has 1 heterocycles. The van der Waals surface area contributed by atoms with Gasteiger partial charge >= 0.3 is 0 Å². The fraction of sp³-hybridized carbons (Fsp3) is 0.267. The van der Waals surface area contributed by atoms with E-state index in [0.29, 0.717) is 10.6 Å². The Bertz CT molecular complexity index is 650. The van der Waals surface area contributed by atoms with Gasteiger partial charge in [0, 0.05) is 0 Å². The summed E-state index contributed by atoms with van der Waals surface area (Å²) in [5.41, 5.74) is 2.56. The summed E-state index contributed by atoms with van der Waals surface area (Å²) in [4.78, 5) is 17.3. The first-order valence-corrected chi connectivity index (χ1v) is 6.79. The lowest BCUT2D eigenvalue weighted by Gasteiger charge is -2.07. The molecule has 0 radical (unpaired) electrons. The van der Waals surface area contributed by atoms with Crippen molar-refractivity contribution in [3.8, 4) is 6.07 Å². The Kier molecular flexibility index (Phi) is 3.77. The standard InChI is InChI=1S/C15H14N2OS/c1-9-4-6-12(7-5-9)13(8-16)14(18)15-10(2)17-11(3)19-15/h4-7,13H,1-3H3. The summed E-state index contributed by atoms with van der Waals surface area (Å²) in [6, 6.07) is 9.61. The fourth-order valence-electron chi connectivity index (χ4n) is 1.93. The van der Waals surface area contributed by atoms with Gasteiger partial charge in [0.1, 0.15) is 5.92 Å². The SMILES string of the molecule is Cc1ccc(C(C#N)C(=O)c2sc(C)nc2C)cc1. The number of hydrogen-bond donors (Lipinski definition) is 0. The van der Waals surface area contributed by atoms with E-state index in [4.69, 9.17) is 0 Å². The number of nitrogens with zero attached hydrogens (tertiary/aromatic N) is 2. The summed E-state index contributed by atoms with van der Waals surface area (Å²) in [5, 5.41) is 10.1. The highest BCUT2D eigenvalue weighted by Crippen LogP contribution is 2.26. The van der Waals surface area contributed by atoms with Crippen molar-refractivity contribution in [2.75, 3.05) is 0 Å². The van der Waals surface area contributed by atoms with Crippen LogP contribution in [0.3, 0.4) is 0 Å². The maximum absolute atomic E-state index is 12.4. The van der Waals surface area contributed by atoms with E-state index in [1.54, 1.807) is 6.92 Å². The van der Waals surface area contributed by atoms with Crippen LogP contribution in [0, 0.1) is 32.1 Å². The second-order valence-corrected chi connectivity index (χ2v) is 5.69. The van der Waals surface area contributed by atoms with Crippen LogP contribution in [-0.4, -0.2) is 10.8 Å². The zero-order valence-corrected chi connectivity index (χ0v) is 11.9. The maximum atomic E-state index is 12.4. The molecule has 0 aliphatic carbocycles. The van der Waals surface area contributed by atoms with Gasteiger partial charge < -0.3 is 0 Å². The number of hydrogen-bond acceptors (Lipinski definition) is 4. The molecule has 2 aromatic rings. The first-order chi connectivity index (χ1) is 9.02. The summed E-state index contributed by atoms with van der Waals surface area (Å²) >= 11 is 1.35. The van der Waals surface area contributed by atoms with E-state index >= 15 is 0 Å². The molecule has 1 atom stereocenters. The van der Waals surface area contributed by atoms with Gasteiger partial charge in [0.15, 0.2) is 5.78 Å². The number of carbonyl (C=O) groups excluding carboxylic acids is 1. The molecule has 0 aliphatic rings. The van der Waals surface area contributed by atoms with Crippen LogP contribution in [-0.2, 0) is 0 Å². The van der Waals surface area contributed by atoms with Gasteiger partial charge in [0.25, 0.3) is 0 Å². The fourth-order valence-corrected chi connectivity index (χ4v) is 2.82. The van der Waals surface area contributed by atoms with Crippen molar-refractivity contribution in [3.63, 3.8) is 0 Å². The Hall–Kier alpha value is -1.99. The van der Waals surface area contributed by atoms with Crippen molar-refractivity contribution in [1.29, 1.82) is 5.26 Å². The predicted octanol–water partition coefficient (Wildman–Crippen LogP) is 3.56. The van der Waals surface area contributed by atoms with Gasteiger partial charge in [0.2, 0.25) is 0 Å². The molecule has 0 spiro atoms. The third kappa shape index (κ3) is 2.72. The van der Waals surface area contributed by atoms with E-state index in [9.17, 15) is 10.1 Å². The molecule has 3 nitrogen and oxygen atoms in total. The summed E-state index contributed by atoms with van der Waals surface area (Å²) in [6.07, 6.45) is 0. The Morgan fingerprint density at radius 2 is 1.89 bits per heavy atom. The molecule has 0 saturated heterocycles. The molecule has 0 saturated carbocycles. The van der Waals surface area contributed by atoms with Crippen LogP contribution in [0.25, 0.3) is 0 Å². The highest BCUT2D eigenvalue weighted by Gasteiger charge is 2.25. The van der Waals surface area contributed by atoms with Crippen molar-refractivity contribution < 1.29 is 4.79 Å². The van der Waals surface area contributed by atoms with Crippen molar-refractivity contribution >= 4 is 17.1 Å². The quantitative estimate of drug-likeness (QED) is 0.801. The zero-order valence-electron chi connectivity index (χ0n) is 11.1. The minimum atomic E-state index is -0.751. The number of rotatable bonds is 3. The van der Waals surface area contributed by atoms with Crippen molar-refractivity contribution in [2.45, 2.75) is 26.7 Å². The first-order valence-electron chi connectivity index (χ1n) is 5.97. The topological polar surface area (TPSA) is 53.8 Å². The first kappa shape index (κ1) is 13.4. The molecule has 0 aliphatic heterocycles. The number of thiazole rings is 1. The summed E-state index contributed by atoms with van der Waals surface area (Å²) in [7, 11) is 0. The molecule has 1 aromatic carbocycles. The second kappa shape index (κ2) is 5.33. The monoisotopic (exact) mass is 270 g/mol. The molecule has 1 unspecified atom stereocenters. The summed E-state index contributed by atoms with van der Waals surface area (Å²) in [6.45, 7) is 5.64. The van der Waals surface area contributed by atoms with Crippen molar-refractivity contribution in [1.82, 2.24) is 4.98 Å². The smallest absolute Gasteiger partial charge is 0.196 e. The number of Topliss-reactive ketones (excluding diaryl/α,β-unsaturated/α-hetero) is 1. The van der Waals surface area contributed by atoms with E-state index < -0.39 is 5.92 Å². The molecule has 2 rings (SSSR count). The lowest BCUT2D eigenvalue weighted by atomic mass is 9.94. The van der Waals surface area contributed by atoms with E-state index in [2.05, 4.69) is 11.1 Å². The van der Waals surface area contributed by atoms with E-state index in [1.165, 1.54) is 11.3 Å². The van der Waals surface area contributed by atoms with Crippen LogP contribution < -0.4 is 0 Å². The molecular formula is C15H14N2OS. The Morgan fingerprint density at radius 1 is 1.26 bits per heavy atom. The van der Waals surface area contributed by atoms with Gasteiger partial charge in [-0.1, -0.05) is 29.8 Å². The van der Waals surface area contributed by atoms with E-state index in [-0.39, 0.29) is 5.78 Å². The van der Waals surface area contributed by atoms with Crippen LogP contribution in [0.2, 0.25) is 0 Å². The summed E-state index contributed by atoms with van der Waals surface area (Å²) in [5.74, 6) is -0.909. The van der Waals surface area contributed by atoms with Gasteiger partial charge in [-0.2, -0.15) is 5.26 Å². The number of aryl methyl sites for hydroxylation is 3. The van der Waals surface area contributed by atoms with Crippen molar-refractivity contribution in [2.24, 2.45) is 0 Å². The van der Waals surface area contributed by atoms with Gasteiger partial charge in [0.05, 0.1) is 21.6 Å². The number of carbonyl (C=O) groups is 1. The lowest BCUT2D eigenvalue weighted by Crippen LogP contribution is -2.11. The highest BCUT2D eigenvalue weighted by atomic mass is 32.1. The third-order valence-corrected chi connectivity index (χ3v) is 4.02. The molecule has 0 fully saturated rings. The molecule has 0 N–H and O–H groups in total. The Morgan fingerprint density at radius 3 is 2.37 bits per heavy atom. The number of benzene rings is 1. The van der Waals surface area contributed by atoms with E-state index in [1.807, 2.05) is 38.1 Å². The van der Waals surface area contributed by atoms with Gasteiger partial charge in [-0.3, -0.25) is 4.79 Å². The summed E-state index contributed by atoms with van der Waals surface area (Å²) < 4.78 is 0. The maximum Gasteiger partial charge on any atom is 0.196 e. The minimum Gasteiger partial charge on any atom is -0.291 e. The van der Waals surface area contributed by atoms with Crippen molar-refractivity contribution in [3.05, 3.63) is 51.0 Å². The average Bonchev–Trinajstić information content (AvgIpc) is 2.71. The minimum absolute atomic E-state index is 0.158. The largest absolute Gasteiger partial charge is 0.291 e. The molecule has 4 heteroatoms. The number of aromatic nitrogens is 1. The third-order valence-electron chi connectivity index (χ3n) is 2.93. The van der Waals surface area contributed by atoms with Gasteiger partial charge in [-0.25, -0.2) is 4.98 Å². The molecule has 19 heavy (non-hydrogen) atoms. The number of ketones is 1. The van der Waals surface area contributed by atoms with Gasteiger partial charge in [-0.05, 0) is 26.3 Å². The second-order valence-electron chi connectivity index (χ2n) is 4.48. The van der Waals surface area contributed by atoms with E-state index in [0.717, 1.165) is 16.1 Å². The Labute approximate surface area is 116 Å². The van der Waals surface area contributed by atoms with Gasteiger partial charge in [-0.15, -0.1) is 11.3 Å². The average molecular weight is 270 g/mol. The Balaban J connectivity index is 2.38. The zero-order chi connectivity index (χ0) is 14.0. The molecular weight excluding hydrogens is 256 g/mol. The molecule has 0 bridgehead atoms. The molecule has 96 valence electrons. The predicted molar refractivity (Wildman–Crippen MR) is 75.5 cm³/mol. The normalized spacial score (nSPS) is 11.9. The van der Waals surface area contributed by atoms with Crippen LogP contribution >= 0.6 is 11.3 Å².